The Morgan fingerprint density at radius 3 is 2.16 bits per heavy atom. The van der Waals surface area contributed by atoms with Gasteiger partial charge >= 0.3 is 6.03 Å². The highest BCUT2D eigenvalue weighted by Gasteiger charge is 2.31. The molecule has 2 aliphatic heterocycles. The number of urea groups is 1. The van der Waals surface area contributed by atoms with Crippen LogP contribution in [-0.2, 0) is 11.3 Å². The number of anilines is 1. The van der Waals surface area contributed by atoms with Crippen molar-refractivity contribution in [3.63, 3.8) is 0 Å². The summed E-state index contributed by atoms with van der Waals surface area (Å²) in [6.07, 6.45) is 1.79. The maximum absolute atomic E-state index is 13.0. The van der Waals surface area contributed by atoms with E-state index in [0.717, 1.165) is 32.5 Å². The lowest BCUT2D eigenvalue weighted by Gasteiger charge is -2.38. The number of benzene rings is 2. The molecule has 2 fully saturated rings. The highest BCUT2D eigenvalue weighted by atomic mass is 35.5. The van der Waals surface area contributed by atoms with Crippen molar-refractivity contribution in [3.05, 3.63) is 64.1 Å². The van der Waals surface area contributed by atoms with Crippen LogP contribution < -0.4 is 5.32 Å². The number of piperazine rings is 1. The molecule has 32 heavy (non-hydrogen) atoms. The molecule has 0 bridgehead atoms. The van der Waals surface area contributed by atoms with Gasteiger partial charge in [0.1, 0.15) is 0 Å². The van der Waals surface area contributed by atoms with E-state index < -0.39 is 0 Å². The molecule has 3 amide bonds. The van der Waals surface area contributed by atoms with Gasteiger partial charge in [-0.25, -0.2) is 4.79 Å². The Labute approximate surface area is 199 Å². The third-order valence-corrected chi connectivity index (χ3v) is 6.97. The zero-order valence-corrected chi connectivity index (χ0v) is 19.5. The zero-order chi connectivity index (χ0) is 22.5. The third-order valence-electron chi connectivity index (χ3n) is 6.24. The van der Waals surface area contributed by atoms with Gasteiger partial charge in [0.2, 0.25) is 5.91 Å². The van der Waals surface area contributed by atoms with Crippen molar-refractivity contribution in [3.8, 4) is 0 Å². The predicted molar refractivity (Wildman–Crippen MR) is 128 cm³/mol. The number of hydrogen-bond acceptors (Lipinski definition) is 3. The van der Waals surface area contributed by atoms with Crippen LogP contribution in [0.2, 0.25) is 10.0 Å². The first-order valence-corrected chi connectivity index (χ1v) is 11.8. The summed E-state index contributed by atoms with van der Waals surface area (Å²) in [4.78, 5) is 31.6. The molecule has 2 aromatic rings. The van der Waals surface area contributed by atoms with Gasteiger partial charge in [0.15, 0.2) is 0 Å². The predicted octanol–water partition coefficient (Wildman–Crippen LogP) is 4.58. The van der Waals surface area contributed by atoms with Crippen molar-refractivity contribution >= 4 is 40.8 Å². The maximum atomic E-state index is 13.0. The molecule has 0 saturated carbocycles. The number of piperidine rings is 1. The number of carbonyl (C=O) groups is 2. The van der Waals surface area contributed by atoms with Crippen molar-refractivity contribution in [2.75, 3.05) is 44.6 Å². The van der Waals surface area contributed by atoms with Gasteiger partial charge in [0.25, 0.3) is 0 Å². The summed E-state index contributed by atoms with van der Waals surface area (Å²) in [7, 11) is 0. The second-order valence-corrected chi connectivity index (χ2v) is 9.22. The molecular formula is C24H28Cl2N4O2. The first-order valence-electron chi connectivity index (χ1n) is 11.1. The molecule has 0 radical (unpaired) electrons. The number of carbonyl (C=O) groups excluding carboxylic acids is 2. The molecule has 0 aromatic heterocycles. The molecule has 6 nitrogen and oxygen atoms in total. The number of rotatable bonds is 4. The van der Waals surface area contributed by atoms with E-state index in [2.05, 4.69) is 34.5 Å². The third kappa shape index (κ3) is 5.74. The molecule has 8 heteroatoms. The van der Waals surface area contributed by atoms with Gasteiger partial charge in [-0.2, -0.15) is 0 Å². The molecule has 2 aromatic carbocycles. The fourth-order valence-corrected chi connectivity index (χ4v) is 4.64. The lowest BCUT2D eigenvalue weighted by Crippen LogP contribution is -2.53. The summed E-state index contributed by atoms with van der Waals surface area (Å²) in [5.41, 5.74) is 1.91. The molecular weight excluding hydrogens is 447 g/mol. The van der Waals surface area contributed by atoms with Gasteiger partial charge in [-0.3, -0.25) is 9.69 Å². The Bertz CT molecular complexity index is 940. The summed E-state index contributed by atoms with van der Waals surface area (Å²) < 4.78 is 0. The van der Waals surface area contributed by atoms with Gasteiger partial charge in [0.05, 0.1) is 10.0 Å². The maximum Gasteiger partial charge on any atom is 0.321 e. The number of hydrogen-bond donors (Lipinski definition) is 1. The van der Waals surface area contributed by atoms with E-state index in [0.29, 0.717) is 41.9 Å². The largest absolute Gasteiger partial charge is 0.339 e. The van der Waals surface area contributed by atoms with Crippen molar-refractivity contribution < 1.29 is 9.59 Å². The summed E-state index contributed by atoms with van der Waals surface area (Å²) in [6, 6.07) is 15.3. The second kappa shape index (κ2) is 10.6. The number of nitrogens with zero attached hydrogens (tertiary/aromatic N) is 3. The molecule has 0 atom stereocenters. The average Bonchev–Trinajstić information content (AvgIpc) is 2.82. The van der Waals surface area contributed by atoms with Crippen molar-refractivity contribution in [2.24, 2.45) is 5.92 Å². The van der Waals surface area contributed by atoms with Crippen molar-refractivity contribution in [1.29, 1.82) is 0 Å². The Morgan fingerprint density at radius 2 is 1.50 bits per heavy atom. The molecule has 2 aliphatic rings. The van der Waals surface area contributed by atoms with Crippen molar-refractivity contribution in [1.82, 2.24) is 14.7 Å². The normalized spacial score (nSPS) is 17.9. The summed E-state index contributed by atoms with van der Waals surface area (Å²) >= 11 is 11.9. The van der Waals surface area contributed by atoms with Crippen LogP contribution in [0, 0.1) is 5.92 Å². The van der Waals surface area contributed by atoms with Crippen LogP contribution in [-0.4, -0.2) is 65.9 Å². The molecule has 1 N–H and O–H groups in total. The van der Waals surface area contributed by atoms with Gasteiger partial charge in [-0.05, 0) is 49.7 Å². The minimum Gasteiger partial charge on any atom is -0.339 e. The standard InChI is InChI=1S/C24H28Cl2N4O2/c25-21-7-6-20(16-22(21)26)27-24(32)30-14-12-29(13-15-30)23(31)19-8-10-28(11-9-19)17-18-4-2-1-3-5-18/h1-7,16,19H,8-15,17H2,(H,27,32). The first kappa shape index (κ1) is 22.9. The van der Waals surface area contributed by atoms with E-state index in [4.69, 9.17) is 23.2 Å². The number of nitrogens with one attached hydrogen (secondary N) is 1. The quantitative estimate of drug-likeness (QED) is 0.705. The van der Waals surface area contributed by atoms with Crippen LogP contribution in [0.4, 0.5) is 10.5 Å². The van der Waals surface area contributed by atoms with Crippen LogP contribution in [0.15, 0.2) is 48.5 Å². The van der Waals surface area contributed by atoms with Crippen molar-refractivity contribution in [2.45, 2.75) is 19.4 Å². The fourth-order valence-electron chi connectivity index (χ4n) is 4.34. The Balaban J connectivity index is 1.21. The minimum absolute atomic E-state index is 0.0820. The molecule has 170 valence electrons. The lowest BCUT2D eigenvalue weighted by molar-refractivity contribution is -0.138. The van der Waals surface area contributed by atoms with Gasteiger partial charge in [0, 0.05) is 44.3 Å². The van der Waals surface area contributed by atoms with Crippen LogP contribution in [0.1, 0.15) is 18.4 Å². The van der Waals surface area contributed by atoms with Crippen LogP contribution in [0.3, 0.4) is 0 Å². The number of likely N-dealkylation sites (tertiary alicyclic amines) is 1. The Kier molecular flexibility index (Phi) is 7.55. The van der Waals surface area contributed by atoms with E-state index in [1.54, 1.807) is 23.1 Å². The molecule has 4 rings (SSSR count). The van der Waals surface area contributed by atoms with E-state index in [9.17, 15) is 9.59 Å². The summed E-state index contributed by atoms with van der Waals surface area (Å²) in [5.74, 6) is 0.313. The molecule has 2 heterocycles. The highest BCUT2D eigenvalue weighted by molar-refractivity contribution is 6.42. The average molecular weight is 475 g/mol. The smallest absolute Gasteiger partial charge is 0.321 e. The van der Waals surface area contributed by atoms with E-state index >= 15 is 0 Å². The van der Waals surface area contributed by atoms with Gasteiger partial charge in [-0.15, -0.1) is 0 Å². The molecule has 2 saturated heterocycles. The van der Waals surface area contributed by atoms with Crippen LogP contribution in [0.25, 0.3) is 0 Å². The Morgan fingerprint density at radius 1 is 0.844 bits per heavy atom. The van der Waals surface area contributed by atoms with Gasteiger partial charge < -0.3 is 15.1 Å². The minimum atomic E-state index is -0.190. The molecule has 0 spiro atoms. The van der Waals surface area contributed by atoms with Crippen LogP contribution in [0.5, 0.6) is 0 Å². The lowest BCUT2D eigenvalue weighted by atomic mass is 9.94. The van der Waals surface area contributed by atoms with Crippen LogP contribution >= 0.6 is 23.2 Å². The van der Waals surface area contributed by atoms with Gasteiger partial charge in [-0.1, -0.05) is 53.5 Å². The number of amides is 3. The monoisotopic (exact) mass is 474 g/mol. The molecule has 0 aliphatic carbocycles. The number of halogens is 2. The SMILES string of the molecule is O=C(Nc1ccc(Cl)c(Cl)c1)N1CCN(C(=O)C2CCN(Cc3ccccc3)CC2)CC1. The second-order valence-electron chi connectivity index (χ2n) is 8.41. The van der Waals surface area contributed by atoms with E-state index in [-0.39, 0.29) is 17.9 Å². The molecule has 0 unspecified atom stereocenters. The Hall–Kier alpha value is -2.28. The first-order chi connectivity index (χ1) is 15.5. The van der Waals surface area contributed by atoms with E-state index in [1.165, 1.54) is 5.56 Å². The fraction of sp³-hybridized carbons (Fsp3) is 0.417. The highest BCUT2D eigenvalue weighted by Crippen LogP contribution is 2.25. The summed E-state index contributed by atoms with van der Waals surface area (Å²) in [5, 5.41) is 3.69. The topological polar surface area (TPSA) is 55.9 Å². The zero-order valence-electron chi connectivity index (χ0n) is 18.0. The van der Waals surface area contributed by atoms with E-state index in [1.807, 2.05) is 11.0 Å². The summed E-state index contributed by atoms with van der Waals surface area (Å²) in [6.45, 7) is 5.00.